The summed E-state index contributed by atoms with van der Waals surface area (Å²) in [5.74, 6) is -1.34. The van der Waals surface area contributed by atoms with Crippen molar-refractivity contribution in [3.63, 3.8) is 0 Å². The van der Waals surface area contributed by atoms with Gasteiger partial charge in [-0.1, -0.05) is 37.3 Å². The minimum absolute atomic E-state index is 0.0192. The van der Waals surface area contributed by atoms with Gasteiger partial charge in [0.1, 0.15) is 17.9 Å². The standard InChI is InChI=1S/C16H16F3N3O2/c1-2-13(23)21-22-15-14(16(17,18)19)12(8-9-20-15)24-10-11-6-4-3-5-7-11/h3-9H,2,10H2,1H3,(H,20,22)(H,21,23). The summed E-state index contributed by atoms with van der Waals surface area (Å²) < 4.78 is 45.4. The molecule has 0 radical (unpaired) electrons. The molecule has 1 aromatic carbocycles. The Hall–Kier alpha value is -2.77. The second-order valence-electron chi connectivity index (χ2n) is 4.83. The average Bonchev–Trinajstić information content (AvgIpc) is 2.57. The first-order chi connectivity index (χ1) is 11.4. The zero-order chi connectivity index (χ0) is 17.6. The van der Waals surface area contributed by atoms with Crippen LogP contribution in [0.2, 0.25) is 0 Å². The molecule has 5 nitrogen and oxygen atoms in total. The molecule has 1 heterocycles. The lowest BCUT2D eigenvalue weighted by Gasteiger charge is -2.18. The van der Waals surface area contributed by atoms with Crippen molar-refractivity contribution in [3.05, 3.63) is 53.7 Å². The number of pyridine rings is 1. The van der Waals surface area contributed by atoms with Gasteiger partial charge in [-0.05, 0) is 11.6 Å². The van der Waals surface area contributed by atoms with Gasteiger partial charge in [-0.15, -0.1) is 0 Å². The highest BCUT2D eigenvalue weighted by molar-refractivity contribution is 5.77. The molecule has 0 bridgehead atoms. The highest BCUT2D eigenvalue weighted by Crippen LogP contribution is 2.40. The second kappa shape index (κ2) is 7.67. The fraction of sp³-hybridized carbons (Fsp3) is 0.250. The minimum atomic E-state index is -4.69. The lowest BCUT2D eigenvalue weighted by Crippen LogP contribution is -2.30. The number of hydrogen-bond donors (Lipinski definition) is 2. The molecule has 2 N–H and O–H groups in total. The lowest BCUT2D eigenvalue weighted by atomic mass is 10.2. The molecule has 1 aromatic heterocycles. The maximum atomic E-state index is 13.4. The number of hydrazine groups is 1. The molecule has 1 amide bonds. The number of nitrogens with one attached hydrogen (secondary N) is 2. The first-order valence-electron chi connectivity index (χ1n) is 7.19. The summed E-state index contributed by atoms with van der Waals surface area (Å²) in [6.07, 6.45) is -3.39. The zero-order valence-electron chi connectivity index (χ0n) is 12.9. The summed E-state index contributed by atoms with van der Waals surface area (Å²) in [6, 6.07) is 9.96. The number of hydrogen-bond acceptors (Lipinski definition) is 4. The molecule has 128 valence electrons. The van der Waals surface area contributed by atoms with E-state index >= 15 is 0 Å². The number of benzene rings is 1. The topological polar surface area (TPSA) is 63.2 Å². The normalized spacial score (nSPS) is 11.0. The molecule has 0 saturated heterocycles. The molecule has 0 spiro atoms. The molecule has 2 rings (SSSR count). The predicted molar refractivity (Wildman–Crippen MR) is 82.1 cm³/mol. The Balaban J connectivity index is 2.24. The van der Waals surface area contributed by atoms with Gasteiger partial charge in [0.15, 0.2) is 5.82 Å². The maximum Gasteiger partial charge on any atom is 0.423 e. The van der Waals surface area contributed by atoms with Gasteiger partial charge in [0, 0.05) is 12.6 Å². The third-order valence-electron chi connectivity index (χ3n) is 3.07. The van der Waals surface area contributed by atoms with Crippen molar-refractivity contribution in [2.75, 3.05) is 5.43 Å². The summed E-state index contributed by atoms with van der Waals surface area (Å²) in [5.41, 5.74) is 4.01. The molecular weight excluding hydrogens is 323 g/mol. The van der Waals surface area contributed by atoms with Gasteiger partial charge in [-0.3, -0.25) is 15.6 Å². The number of anilines is 1. The Labute approximate surface area is 136 Å². The van der Waals surface area contributed by atoms with E-state index in [1.807, 2.05) is 0 Å². The van der Waals surface area contributed by atoms with Crippen LogP contribution in [-0.2, 0) is 17.6 Å². The molecule has 0 unspecified atom stereocenters. The van der Waals surface area contributed by atoms with Gasteiger partial charge >= 0.3 is 6.18 Å². The van der Waals surface area contributed by atoms with Gasteiger partial charge in [0.25, 0.3) is 0 Å². The highest BCUT2D eigenvalue weighted by Gasteiger charge is 2.38. The second-order valence-corrected chi connectivity index (χ2v) is 4.83. The quantitative estimate of drug-likeness (QED) is 0.790. The zero-order valence-corrected chi connectivity index (χ0v) is 12.9. The Kier molecular flexibility index (Phi) is 5.62. The van der Waals surface area contributed by atoms with Gasteiger partial charge < -0.3 is 4.74 Å². The highest BCUT2D eigenvalue weighted by atomic mass is 19.4. The third-order valence-corrected chi connectivity index (χ3v) is 3.07. The summed E-state index contributed by atoms with van der Waals surface area (Å²) in [7, 11) is 0. The number of carbonyl (C=O) groups is 1. The van der Waals surface area contributed by atoms with E-state index in [1.54, 1.807) is 37.3 Å². The maximum absolute atomic E-state index is 13.4. The van der Waals surface area contributed by atoms with Crippen LogP contribution in [0.1, 0.15) is 24.5 Å². The van der Waals surface area contributed by atoms with Crippen LogP contribution in [0.4, 0.5) is 19.0 Å². The van der Waals surface area contributed by atoms with Crippen molar-refractivity contribution in [1.29, 1.82) is 0 Å². The molecule has 0 aliphatic heterocycles. The van der Waals surface area contributed by atoms with Crippen LogP contribution in [-0.4, -0.2) is 10.9 Å². The summed E-state index contributed by atoms with van der Waals surface area (Å²) in [6.45, 7) is 1.56. The van der Waals surface area contributed by atoms with E-state index in [2.05, 4.69) is 15.8 Å². The molecule has 24 heavy (non-hydrogen) atoms. The van der Waals surface area contributed by atoms with E-state index < -0.39 is 23.5 Å². The predicted octanol–water partition coefficient (Wildman–Crippen LogP) is 3.53. The van der Waals surface area contributed by atoms with Crippen LogP contribution >= 0.6 is 0 Å². The fourth-order valence-electron chi connectivity index (χ4n) is 1.89. The summed E-state index contributed by atoms with van der Waals surface area (Å²) >= 11 is 0. The van der Waals surface area contributed by atoms with E-state index in [-0.39, 0.29) is 18.8 Å². The first kappa shape index (κ1) is 17.6. The van der Waals surface area contributed by atoms with E-state index in [0.717, 1.165) is 11.6 Å². The molecule has 0 aliphatic rings. The third kappa shape index (κ3) is 4.61. The Morgan fingerprint density at radius 3 is 2.54 bits per heavy atom. The Bertz CT molecular complexity index is 691. The van der Waals surface area contributed by atoms with Gasteiger partial charge in [-0.25, -0.2) is 4.98 Å². The number of carbonyl (C=O) groups excluding carboxylic acids is 1. The number of alkyl halides is 3. The van der Waals surface area contributed by atoms with Crippen molar-refractivity contribution in [2.45, 2.75) is 26.1 Å². The number of rotatable bonds is 6. The van der Waals surface area contributed by atoms with Crippen LogP contribution in [0.3, 0.4) is 0 Å². The Morgan fingerprint density at radius 1 is 1.21 bits per heavy atom. The van der Waals surface area contributed by atoms with Gasteiger partial charge in [0.2, 0.25) is 5.91 Å². The smallest absolute Gasteiger partial charge is 0.423 e. The number of amides is 1. The van der Waals surface area contributed by atoms with E-state index in [0.29, 0.717) is 0 Å². The summed E-state index contributed by atoms with van der Waals surface area (Å²) in [5, 5.41) is 0. The van der Waals surface area contributed by atoms with Crippen molar-refractivity contribution in [2.24, 2.45) is 0 Å². The number of ether oxygens (including phenoxy) is 1. The van der Waals surface area contributed by atoms with Crippen molar-refractivity contribution in [3.8, 4) is 5.75 Å². The van der Waals surface area contributed by atoms with E-state index in [4.69, 9.17) is 4.74 Å². The monoisotopic (exact) mass is 339 g/mol. The lowest BCUT2D eigenvalue weighted by molar-refractivity contribution is -0.138. The van der Waals surface area contributed by atoms with Gasteiger partial charge in [-0.2, -0.15) is 13.2 Å². The van der Waals surface area contributed by atoms with Crippen LogP contribution < -0.4 is 15.6 Å². The molecule has 0 fully saturated rings. The molecule has 0 aliphatic carbocycles. The van der Waals surface area contributed by atoms with E-state index in [9.17, 15) is 18.0 Å². The van der Waals surface area contributed by atoms with Crippen LogP contribution in [0.5, 0.6) is 5.75 Å². The number of halogens is 3. The van der Waals surface area contributed by atoms with Gasteiger partial charge in [0.05, 0.1) is 0 Å². The number of aromatic nitrogens is 1. The van der Waals surface area contributed by atoms with Crippen molar-refractivity contribution >= 4 is 11.7 Å². The molecule has 0 atom stereocenters. The van der Waals surface area contributed by atoms with Crippen LogP contribution in [0.25, 0.3) is 0 Å². The first-order valence-corrected chi connectivity index (χ1v) is 7.19. The minimum Gasteiger partial charge on any atom is -0.488 e. The van der Waals surface area contributed by atoms with Crippen molar-refractivity contribution < 1.29 is 22.7 Å². The molecular formula is C16H16F3N3O2. The molecule has 0 saturated carbocycles. The Morgan fingerprint density at radius 2 is 1.92 bits per heavy atom. The summed E-state index contributed by atoms with van der Waals surface area (Å²) in [4.78, 5) is 14.9. The molecule has 8 heteroatoms. The van der Waals surface area contributed by atoms with Crippen LogP contribution in [0.15, 0.2) is 42.6 Å². The average molecular weight is 339 g/mol. The SMILES string of the molecule is CCC(=O)NNc1nccc(OCc2ccccc2)c1C(F)(F)F. The van der Waals surface area contributed by atoms with E-state index in [1.165, 1.54) is 6.20 Å². The number of nitrogens with zero attached hydrogens (tertiary/aromatic N) is 1. The largest absolute Gasteiger partial charge is 0.488 e. The molecule has 2 aromatic rings. The van der Waals surface area contributed by atoms with Crippen LogP contribution in [0, 0.1) is 0 Å². The van der Waals surface area contributed by atoms with Crippen molar-refractivity contribution in [1.82, 2.24) is 10.4 Å². The fourth-order valence-corrected chi connectivity index (χ4v) is 1.89.